The monoisotopic (exact) mass is 536 g/mol. The summed E-state index contributed by atoms with van der Waals surface area (Å²) in [4.78, 5) is 1.93. The number of halogens is 3. The molecule has 170 valence electrons. The Labute approximate surface area is 210 Å². The lowest BCUT2D eigenvalue weighted by atomic mass is 10.2. The SMILES string of the molecule is Cc1ccc(S(OS(=O)(=O)c2cc(Cl)c(Cl)cc2Cl)(c2ccccc2)c2ccccc2)cc1. The number of rotatable bonds is 6. The van der Waals surface area contributed by atoms with Gasteiger partial charge in [-0.1, -0.05) is 88.9 Å². The highest BCUT2D eigenvalue weighted by atomic mass is 35.5. The molecule has 0 radical (unpaired) electrons. The molecule has 0 saturated carbocycles. The van der Waals surface area contributed by atoms with Crippen molar-refractivity contribution in [1.29, 1.82) is 0 Å². The molecule has 33 heavy (non-hydrogen) atoms. The quantitative estimate of drug-likeness (QED) is 0.231. The molecule has 0 bridgehead atoms. The number of hydrogen-bond acceptors (Lipinski definition) is 3. The van der Waals surface area contributed by atoms with Gasteiger partial charge in [-0.25, -0.2) is 3.63 Å². The topological polar surface area (TPSA) is 43.4 Å². The fourth-order valence-corrected chi connectivity index (χ4v) is 9.53. The Balaban J connectivity index is 2.02. The largest absolute Gasteiger partial charge is 0.308 e. The van der Waals surface area contributed by atoms with E-state index in [2.05, 4.69) is 0 Å². The number of benzene rings is 4. The van der Waals surface area contributed by atoms with E-state index >= 15 is 0 Å². The first-order valence-corrected chi connectivity index (χ1v) is 13.9. The van der Waals surface area contributed by atoms with Crippen molar-refractivity contribution in [1.82, 2.24) is 0 Å². The lowest BCUT2D eigenvalue weighted by Gasteiger charge is -2.39. The molecule has 0 atom stereocenters. The van der Waals surface area contributed by atoms with E-state index in [1.807, 2.05) is 91.9 Å². The summed E-state index contributed by atoms with van der Waals surface area (Å²) in [6.45, 7) is 1.97. The molecule has 0 unspecified atom stereocenters. The van der Waals surface area contributed by atoms with Gasteiger partial charge in [0.25, 0.3) is 0 Å². The van der Waals surface area contributed by atoms with Crippen LogP contribution in [0.1, 0.15) is 5.56 Å². The van der Waals surface area contributed by atoms with Crippen molar-refractivity contribution in [3.05, 3.63) is 118 Å². The fraction of sp³-hybridized carbons (Fsp3) is 0.0400. The van der Waals surface area contributed by atoms with Crippen molar-refractivity contribution in [2.75, 3.05) is 0 Å². The van der Waals surface area contributed by atoms with Gasteiger partial charge in [0.1, 0.15) is 4.90 Å². The molecule has 0 aliphatic rings. The van der Waals surface area contributed by atoms with Crippen LogP contribution in [-0.4, -0.2) is 8.42 Å². The summed E-state index contributed by atoms with van der Waals surface area (Å²) >= 11 is 18.4. The third-order valence-corrected chi connectivity index (χ3v) is 11.3. The van der Waals surface area contributed by atoms with E-state index in [0.717, 1.165) is 20.2 Å². The van der Waals surface area contributed by atoms with Crippen LogP contribution in [0.4, 0.5) is 0 Å². The highest BCUT2D eigenvalue weighted by Gasteiger charge is 2.39. The van der Waals surface area contributed by atoms with Crippen molar-refractivity contribution >= 4 is 55.2 Å². The zero-order valence-corrected chi connectivity index (χ0v) is 21.3. The van der Waals surface area contributed by atoms with Crippen LogP contribution in [-0.2, 0) is 13.7 Å². The first kappa shape index (κ1) is 24.1. The normalized spacial score (nSPS) is 12.5. The maximum atomic E-state index is 13.7. The molecule has 0 heterocycles. The van der Waals surface area contributed by atoms with Crippen LogP contribution in [0.2, 0.25) is 15.1 Å². The minimum atomic E-state index is -4.38. The second-order valence-electron chi connectivity index (χ2n) is 7.21. The van der Waals surface area contributed by atoms with Gasteiger partial charge in [0.2, 0.25) is 0 Å². The van der Waals surface area contributed by atoms with E-state index in [1.165, 1.54) is 12.1 Å². The zero-order valence-electron chi connectivity index (χ0n) is 17.4. The summed E-state index contributed by atoms with van der Waals surface area (Å²) in [7, 11) is -7.10. The molecule has 0 aliphatic carbocycles. The second kappa shape index (κ2) is 9.71. The first-order valence-electron chi connectivity index (χ1n) is 9.85. The van der Waals surface area contributed by atoms with E-state index in [4.69, 9.17) is 38.4 Å². The Kier molecular flexibility index (Phi) is 7.10. The van der Waals surface area contributed by atoms with Gasteiger partial charge in [-0.3, -0.25) is 0 Å². The predicted molar refractivity (Wildman–Crippen MR) is 136 cm³/mol. The van der Waals surface area contributed by atoms with Gasteiger partial charge < -0.3 is 0 Å². The van der Waals surface area contributed by atoms with Crippen LogP contribution in [0.15, 0.2) is 117 Å². The molecule has 0 amide bonds. The maximum absolute atomic E-state index is 13.7. The fourth-order valence-electron chi connectivity index (χ4n) is 3.35. The first-order chi connectivity index (χ1) is 15.7. The predicted octanol–water partition coefficient (Wildman–Crippen LogP) is 8.56. The number of hydrogen-bond donors (Lipinski definition) is 0. The Hall–Kier alpha value is -1.99. The van der Waals surface area contributed by atoms with Gasteiger partial charge in [0.05, 0.1) is 15.1 Å². The van der Waals surface area contributed by atoms with Gasteiger partial charge in [0.15, 0.2) is 0 Å². The Morgan fingerprint density at radius 2 is 1.06 bits per heavy atom. The van der Waals surface area contributed by atoms with Gasteiger partial charge in [-0.05, 0) is 65.8 Å². The molecule has 0 fully saturated rings. The molecule has 0 saturated heterocycles. The van der Waals surface area contributed by atoms with Crippen LogP contribution < -0.4 is 0 Å². The standard InChI is InChI=1S/C25H19Cl3O3S2/c1-18-12-14-21(15-13-18)32(19-8-4-2-5-9-19,20-10-6-3-7-11-20)31-33(29,30)25-17-23(27)22(26)16-24(25)28/h2-17H,1H3. The lowest BCUT2D eigenvalue weighted by molar-refractivity contribution is 0.508. The van der Waals surface area contributed by atoms with Crippen molar-refractivity contribution < 1.29 is 12.0 Å². The molecular weight excluding hydrogens is 519 g/mol. The second-order valence-corrected chi connectivity index (χ2v) is 12.9. The molecule has 0 aromatic heterocycles. The average Bonchev–Trinajstić information content (AvgIpc) is 2.81. The minimum absolute atomic E-state index is 0.0669. The van der Waals surface area contributed by atoms with Crippen molar-refractivity contribution in [3.63, 3.8) is 0 Å². The van der Waals surface area contributed by atoms with Crippen LogP contribution in [0.3, 0.4) is 0 Å². The van der Waals surface area contributed by atoms with Gasteiger partial charge >= 0.3 is 10.1 Å². The van der Waals surface area contributed by atoms with E-state index < -0.39 is 20.4 Å². The summed E-state index contributed by atoms with van der Waals surface area (Å²) in [5.74, 6) is 0. The van der Waals surface area contributed by atoms with Crippen LogP contribution in [0.25, 0.3) is 0 Å². The maximum Gasteiger partial charge on any atom is 0.308 e. The lowest BCUT2D eigenvalue weighted by Crippen LogP contribution is -2.15. The van der Waals surface area contributed by atoms with E-state index in [9.17, 15) is 8.42 Å². The van der Waals surface area contributed by atoms with Crippen molar-refractivity contribution in [3.8, 4) is 0 Å². The zero-order chi connectivity index (χ0) is 23.6. The average molecular weight is 538 g/mol. The van der Waals surface area contributed by atoms with E-state index in [0.29, 0.717) is 0 Å². The van der Waals surface area contributed by atoms with Gasteiger partial charge in [-0.15, -0.1) is 0 Å². The highest BCUT2D eigenvalue weighted by molar-refractivity contribution is 8.33. The smallest absolute Gasteiger partial charge is 0.203 e. The summed E-state index contributed by atoms with van der Waals surface area (Å²) in [6, 6.07) is 28.8. The Morgan fingerprint density at radius 3 is 1.58 bits per heavy atom. The minimum Gasteiger partial charge on any atom is -0.203 e. The van der Waals surface area contributed by atoms with Crippen molar-refractivity contribution in [2.24, 2.45) is 0 Å². The van der Waals surface area contributed by atoms with Gasteiger partial charge in [0, 0.05) is 14.7 Å². The van der Waals surface area contributed by atoms with Gasteiger partial charge in [-0.2, -0.15) is 8.42 Å². The Morgan fingerprint density at radius 1 is 0.606 bits per heavy atom. The third-order valence-electron chi connectivity index (χ3n) is 4.94. The summed E-state index contributed by atoms with van der Waals surface area (Å²) in [6.07, 6.45) is 0. The number of aryl methyl sites for hydroxylation is 1. The molecule has 8 heteroatoms. The summed E-state index contributed by atoms with van der Waals surface area (Å²) in [5, 5.41) is 0.158. The highest BCUT2D eigenvalue weighted by Crippen LogP contribution is 2.70. The molecule has 4 aromatic carbocycles. The summed E-state index contributed by atoms with van der Waals surface area (Å²) in [5.41, 5.74) is 1.04. The molecule has 4 aromatic rings. The van der Waals surface area contributed by atoms with Crippen molar-refractivity contribution in [2.45, 2.75) is 26.5 Å². The molecule has 0 aliphatic heterocycles. The summed E-state index contributed by atoms with van der Waals surface area (Å²) < 4.78 is 33.7. The van der Waals surface area contributed by atoms with Crippen LogP contribution >= 0.6 is 45.1 Å². The molecule has 0 spiro atoms. The van der Waals surface area contributed by atoms with Crippen LogP contribution in [0.5, 0.6) is 0 Å². The third kappa shape index (κ3) is 4.80. The van der Waals surface area contributed by atoms with E-state index in [1.54, 1.807) is 0 Å². The molecule has 0 N–H and O–H groups in total. The molecule has 3 nitrogen and oxygen atoms in total. The molecule has 4 rings (SSSR count). The Bertz CT molecular complexity index is 1340. The van der Waals surface area contributed by atoms with Crippen LogP contribution in [0, 0.1) is 6.92 Å². The molecular formula is C25H19Cl3O3S2. The van der Waals surface area contributed by atoms with E-state index in [-0.39, 0.29) is 20.0 Å².